The second-order valence-electron chi connectivity index (χ2n) is 6.65. The molecule has 1 amide bonds. The van der Waals surface area contributed by atoms with E-state index in [1.807, 2.05) is 20.9 Å². The highest BCUT2D eigenvalue weighted by atomic mass is 79.9. The lowest BCUT2D eigenvalue weighted by Gasteiger charge is -2.26. The molecule has 0 aliphatic heterocycles. The number of ether oxygens (including phenoxy) is 1. The lowest BCUT2D eigenvalue weighted by atomic mass is 10.1. The molecule has 28 heavy (non-hydrogen) atoms. The average molecular weight is 512 g/mol. The molecule has 0 saturated heterocycles. The maximum absolute atomic E-state index is 13.4. The van der Waals surface area contributed by atoms with Gasteiger partial charge < -0.3 is 15.0 Å². The van der Waals surface area contributed by atoms with E-state index in [9.17, 15) is 9.18 Å². The summed E-state index contributed by atoms with van der Waals surface area (Å²) in [5, 5.41) is 8.53. The number of benzene rings is 2. The second-order valence-corrected chi connectivity index (χ2v) is 8.36. The highest BCUT2D eigenvalue weighted by Crippen LogP contribution is 2.34. The van der Waals surface area contributed by atoms with Gasteiger partial charge in [0.1, 0.15) is 11.6 Å². The van der Waals surface area contributed by atoms with E-state index in [-0.39, 0.29) is 5.82 Å². The van der Waals surface area contributed by atoms with Crippen LogP contribution in [0.15, 0.2) is 45.3 Å². The number of rotatable bonds is 5. The van der Waals surface area contributed by atoms with Gasteiger partial charge in [0.25, 0.3) is 0 Å². The molecule has 0 radical (unpaired) electrons. The van der Waals surface area contributed by atoms with Gasteiger partial charge in [0.15, 0.2) is 17.2 Å². The molecule has 146 valence electrons. The van der Waals surface area contributed by atoms with E-state index in [1.54, 1.807) is 28.8 Å². The molecule has 9 heteroatoms. The Hall–Kier alpha value is -2.26. The van der Waals surface area contributed by atoms with E-state index in [1.165, 1.54) is 12.1 Å². The van der Waals surface area contributed by atoms with Gasteiger partial charge in [-0.05, 0) is 82.1 Å². The Morgan fingerprint density at radius 3 is 2.46 bits per heavy atom. The minimum atomic E-state index is -0.844. The lowest BCUT2D eigenvalue weighted by Crippen LogP contribution is -2.29. The summed E-state index contributed by atoms with van der Waals surface area (Å²) in [4.78, 5) is 11.3. The third-order valence-corrected chi connectivity index (χ3v) is 5.44. The van der Waals surface area contributed by atoms with Crippen molar-refractivity contribution < 1.29 is 13.9 Å². The Bertz CT molecular complexity index is 1070. The van der Waals surface area contributed by atoms with Crippen LogP contribution in [0, 0.1) is 5.82 Å². The van der Waals surface area contributed by atoms with Crippen LogP contribution in [0.3, 0.4) is 0 Å². The predicted octanol–water partition coefficient (Wildman–Crippen LogP) is 4.56. The molecule has 3 aromatic rings. The van der Waals surface area contributed by atoms with Crippen LogP contribution in [0.2, 0.25) is 0 Å². The predicted molar refractivity (Wildman–Crippen MR) is 110 cm³/mol. The zero-order chi connectivity index (χ0) is 20.6. The molecule has 0 bridgehead atoms. The van der Waals surface area contributed by atoms with Gasteiger partial charge in [-0.25, -0.2) is 4.39 Å². The number of nitrogens with zero attached hydrogens (tertiary/aromatic N) is 3. The standard InChI is InChI=1S/C19H17Br2FN4O2/c1-19(2,28-15-7-4-10(16(23)27)8-14(15)21)18-25-24-17(26(18)3)12-6-5-11(22)9-13(12)20/h4-9H,1-3H3,(H2,23,27). The summed E-state index contributed by atoms with van der Waals surface area (Å²) >= 11 is 6.76. The first kappa shape index (κ1) is 20.5. The van der Waals surface area contributed by atoms with Gasteiger partial charge in [-0.3, -0.25) is 4.79 Å². The molecule has 1 heterocycles. The fraction of sp³-hybridized carbons (Fsp3) is 0.211. The Morgan fingerprint density at radius 1 is 1.14 bits per heavy atom. The van der Waals surface area contributed by atoms with Crippen LogP contribution >= 0.6 is 31.9 Å². The van der Waals surface area contributed by atoms with Gasteiger partial charge in [0, 0.05) is 22.6 Å². The normalized spacial score (nSPS) is 11.5. The molecule has 3 rings (SSSR count). The number of carbonyl (C=O) groups is 1. The Balaban J connectivity index is 1.95. The first-order valence-corrected chi connectivity index (χ1v) is 9.82. The Morgan fingerprint density at radius 2 is 1.86 bits per heavy atom. The zero-order valence-corrected chi connectivity index (χ0v) is 18.5. The van der Waals surface area contributed by atoms with E-state index < -0.39 is 11.5 Å². The first-order valence-electron chi connectivity index (χ1n) is 8.24. The molecule has 0 atom stereocenters. The van der Waals surface area contributed by atoms with Crippen molar-refractivity contribution in [3.63, 3.8) is 0 Å². The summed E-state index contributed by atoms with van der Waals surface area (Å²) in [6, 6.07) is 9.25. The smallest absolute Gasteiger partial charge is 0.248 e. The molecule has 2 aromatic carbocycles. The van der Waals surface area contributed by atoms with Crippen molar-refractivity contribution in [2.75, 3.05) is 0 Å². The van der Waals surface area contributed by atoms with Crippen LogP contribution in [0.25, 0.3) is 11.4 Å². The van der Waals surface area contributed by atoms with E-state index in [0.29, 0.717) is 37.5 Å². The molecule has 0 spiro atoms. The molecule has 0 aliphatic carbocycles. The summed E-state index contributed by atoms with van der Waals surface area (Å²) < 4.78 is 22.5. The molecule has 0 saturated carbocycles. The van der Waals surface area contributed by atoms with E-state index in [0.717, 1.165) is 0 Å². The van der Waals surface area contributed by atoms with Crippen molar-refractivity contribution in [1.29, 1.82) is 0 Å². The van der Waals surface area contributed by atoms with Gasteiger partial charge >= 0.3 is 0 Å². The highest BCUT2D eigenvalue weighted by molar-refractivity contribution is 9.11. The van der Waals surface area contributed by atoms with Crippen LogP contribution < -0.4 is 10.5 Å². The topological polar surface area (TPSA) is 83.0 Å². The van der Waals surface area contributed by atoms with Gasteiger partial charge in [-0.1, -0.05) is 0 Å². The Labute approximate surface area is 178 Å². The van der Waals surface area contributed by atoms with Crippen molar-refractivity contribution in [1.82, 2.24) is 14.8 Å². The number of nitrogens with two attached hydrogens (primary N) is 1. The van der Waals surface area contributed by atoms with E-state index in [2.05, 4.69) is 42.1 Å². The van der Waals surface area contributed by atoms with Crippen LogP contribution in [0.5, 0.6) is 5.75 Å². The van der Waals surface area contributed by atoms with Crippen LogP contribution in [-0.2, 0) is 12.6 Å². The molecule has 0 unspecified atom stereocenters. The van der Waals surface area contributed by atoms with Crippen molar-refractivity contribution in [3.8, 4) is 17.1 Å². The third-order valence-electron chi connectivity index (χ3n) is 4.17. The van der Waals surface area contributed by atoms with Gasteiger partial charge in [0.2, 0.25) is 5.91 Å². The van der Waals surface area contributed by atoms with Gasteiger partial charge in [-0.2, -0.15) is 0 Å². The summed E-state index contributed by atoms with van der Waals surface area (Å²) in [6.07, 6.45) is 0. The van der Waals surface area contributed by atoms with Gasteiger partial charge in [0.05, 0.1) is 4.47 Å². The SMILES string of the molecule is Cn1c(-c2ccc(F)cc2Br)nnc1C(C)(C)Oc1ccc(C(N)=O)cc1Br. The van der Waals surface area contributed by atoms with Crippen molar-refractivity contribution in [3.05, 3.63) is 62.5 Å². The molecular weight excluding hydrogens is 495 g/mol. The quantitative estimate of drug-likeness (QED) is 0.544. The van der Waals surface area contributed by atoms with Crippen LogP contribution in [0.4, 0.5) is 4.39 Å². The maximum atomic E-state index is 13.4. The number of carbonyl (C=O) groups excluding carboxylic acids is 1. The first-order chi connectivity index (χ1) is 13.1. The fourth-order valence-electron chi connectivity index (χ4n) is 2.82. The second kappa shape index (κ2) is 7.63. The van der Waals surface area contributed by atoms with Crippen molar-refractivity contribution in [2.45, 2.75) is 19.4 Å². The summed E-state index contributed by atoms with van der Waals surface area (Å²) in [5.41, 5.74) is 5.54. The minimum Gasteiger partial charge on any atom is -0.479 e. The van der Waals surface area contributed by atoms with Crippen LogP contribution in [0.1, 0.15) is 30.0 Å². The Kier molecular flexibility index (Phi) is 5.58. The highest BCUT2D eigenvalue weighted by Gasteiger charge is 2.31. The average Bonchev–Trinajstić information content (AvgIpc) is 2.98. The summed E-state index contributed by atoms with van der Waals surface area (Å²) in [7, 11) is 1.82. The minimum absolute atomic E-state index is 0.342. The molecule has 0 fully saturated rings. The molecular formula is C19H17Br2FN4O2. The third kappa shape index (κ3) is 3.95. The summed E-state index contributed by atoms with van der Waals surface area (Å²) in [5.74, 6) is 0.814. The molecule has 0 aliphatic rings. The maximum Gasteiger partial charge on any atom is 0.248 e. The number of halogens is 3. The number of amides is 1. The van der Waals surface area contributed by atoms with E-state index in [4.69, 9.17) is 10.5 Å². The molecule has 2 N–H and O–H groups in total. The monoisotopic (exact) mass is 510 g/mol. The van der Waals surface area contributed by atoms with Gasteiger partial charge in [-0.15, -0.1) is 10.2 Å². The van der Waals surface area contributed by atoms with E-state index >= 15 is 0 Å². The number of hydrogen-bond acceptors (Lipinski definition) is 4. The largest absolute Gasteiger partial charge is 0.479 e. The van der Waals surface area contributed by atoms with Crippen molar-refractivity contribution in [2.24, 2.45) is 12.8 Å². The zero-order valence-electron chi connectivity index (χ0n) is 15.3. The van der Waals surface area contributed by atoms with Crippen LogP contribution in [-0.4, -0.2) is 20.7 Å². The molecule has 1 aromatic heterocycles. The molecule has 6 nitrogen and oxygen atoms in total. The lowest BCUT2D eigenvalue weighted by molar-refractivity contribution is 0.0939. The number of hydrogen-bond donors (Lipinski definition) is 1. The fourth-order valence-corrected chi connectivity index (χ4v) is 3.80. The number of aromatic nitrogens is 3. The number of primary amides is 1. The summed E-state index contributed by atoms with van der Waals surface area (Å²) in [6.45, 7) is 3.71. The van der Waals surface area contributed by atoms with Crippen molar-refractivity contribution >= 4 is 37.8 Å².